The van der Waals surface area contributed by atoms with E-state index >= 15 is 0 Å². The maximum absolute atomic E-state index is 13.1. The lowest BCUT2D eigenvalue weighted by Gasteiger charge is -2.31. The molecule has 0 saturated heterocycles. The third-order valence-corrected chi connectivity index (χ3v) is 8.12. The Morgan fingerprint density at radius 3 is 2.44 bits per heavy atom. The first-order valence-electron chi connectivity index (χ1n) is 10.6. The smallest absolute Gasteiger partial charge is 0.326 e. The number of aryl methyl sites for hydroxylation is 2. The molecule has 32 heavy (non-hydrogen) atoms. The van der Waals surface area contributed by atoms with Crippen LogP contribution in [0, 0.1) is 13.8 Å². The molecule has 1 aromatic heterocycles. The van der Waals surface area contributed by atoms with Crippen molar-refractivity contribution in [2.75, 3.05) is 24.4 Å². The Bertz CT molecular complexity index is 1110. The number of likely N-dealkylation sites (N-methyl/N-ethyl adjacent to an activating group) is 1. The highest BCUT2D eigenvalue weighted by Crippen LogP contribution is 2.38. The zero-order valence-corrected chi connectivity index (χ0v) is 20.6. The fraction of sp³-hybridized carbons (Fsp3) is 0.478. The number of nitrogens with one attached hydrogen (secondary N) is 1. The summed E-state index contributed by atoms with van der Waals surface area (Å²) in [6.45, 7) is 9.84. The van der Waals surface area contributed by atoms with Crippen LogP contribution in [0.5, 0.6) is 0 Å². The Balaban J connectivity index is 1.86. The molecule has 0 fully saturated rings. The summed E-state index contributed by atoms with van der Waals surface area (Å²) in [5.41, 5.74) is 2.86. The lowest BCUT2D eigenvalue weighted by Crippen LogP contribution is -2.51. The number of methoxy groups -OCH3 is 1. The number of aromatic nitrogens is 1. The van der Waals surface area contributed by atoms with E-state index in [-0.39, 0.29) is 11.1 Å². The van der Waals surface area contributed by atoms with Gasteiger partial charge in [0.2, 0.25) is 10.0 Å². The minimum Gasteiger partial charge on any atom is -0.468 e. The summed E-state index contributed by atoms with van der Waals surface area (Å²) >= 11 is 0. The van der Waals surface area contributed by atoms with Crippen LogP contribution in [0.4, 0.5) is 11.5 Å². The highest BCUT2D eigenvalue weighted by atomic mass is 32.2. The maximum Gasteiger partial charge on any atom is 0.326 e. The van der Waals surface area contributed by atoms with E-state index in [0.717, 1.165) is 39.1 Å². The van der Waals surface area contributed by atoms with Gasteiger partial charge in [-0.15, -0.1) is 0 Å². The van der Waals surface area contributed by atoms with Crippen LogP contribution < -0.4 is 10.2 Å². The van der Waals surface area contributed by atoms with Crippen molar-refractivity contribution >= 4 is 27.5 Å². The molecule has 1 unspecified atom stereocenters. The topological polar surface area (TPSA) is 91.8 Å². The van der Waals surface area contributed by atoms with Gasteiger partial charge in [0.15, 0.2) is 5.82 Å². The number of fused-ring (bicyclic) bond motifs is 1. The fourth-order valence-electron chi connectivity index (χ4n) is 4.00. The molecule has 0 amide bonds. The van der Waals surface area contributed by atoms with Crippen LogP contribution in [0.2, 0.25) is 0 Å². The molecule has 1 aromatic carbocycles. The van der Waals surface area contributed by atoms with Gasteiger partial charge < -0.3 is 15.0 Å². The Kier molecular flexibility index (Phi) is 6.53. The molecule has 0 bridgehead atoms. The van der Waals surface area contributed by atoms with Crippen molar-refractivity contribution in [3.8, 4) is 0 Å². The summed E-state index contributed by atoms with van der Waals surface area (Å²) in [4.78, 5) is 19.1. The number of hydrogen-bond donors (Lipinski definition) is 1. The van der Waals surface area contributed by atoms with Crippen molar-refractivity contribution in [2.45, 2.75) is 64.2 Å². The molecule has 1 atom stereocenters. The SMILES string of the molecule is CCC1Nc2nc(C)cc(C)c2N1Cc1ccc(S(=O)(=O)N(C)C(C)(C)C(=O)OC)cc1. The minimum atomic E-state index is -3.87. The molecule has 0 radical (unpaired) electrons. The average Bonchev–Trinajstić information content (AvgIpc) is 3.10. The van der Waals surface area contributed by atoms with Crippen LogP contribution in [0.25, 0.3) is 0 Å². The van der Waals surface area contributed by atoms with E-state index in [1.54, 1.807) is 12.1 Å². The molecular weight excluding hydrogens is 428 g/mol. The molecule has 2 aromatic rings. The first-order valence-corrected chi connectivity index (χ1v) is 12.0. The van der Waals surface area contributed by atoms with Crippen molar-refractivity contribution in [2.24, 2.45) is 0 Å². The quantitative estimate of drug-likeness (QED) is 0.633. The standard InChI is InChI=1S/C23H32N4O4S/c1-8-19-25-21-20(15(2)13-16(3)24-21)27(19)14-17-9-11-18(12-10-17)32(29,30)26(6)23(4,5)22(28)31-7/h9-13,19H,8,14H2,1-7H3,(H,24,25). The Morgan fingerprint density at radius 2 is 1.88 bits per heavy atom. The van der Waals surface area contributed by atoms with Gasteiger partial charge >= 0.3 is 5.97 Å². The van der Waals surface area contributed by atoms with Crippen molar-refractivity contribution in [1.29, 1.82) is 0 Å². The largest absolute Gasteiger partial charge is 0.468 e. The van der Waals surface area contributed by atoms with E-state index in [0.29, 0.717) is 6.54 Å². The summed E-state index contributed by atoms with van der Waals surface area (Å²) in [7, 11) is -1.25. The van der Waals surface area contributed by atoms with E-state index in [2.05, 4.69) is 35.1 Å². The number of sulfonamides is 1. The van der Waals surface area contributed by atoms with Gasteiger partial charge in [-0.2, -0.15) is 4.31 Å². The fourth-order valence-corrected chi connectivity index (χ4v) is 5.47. The Hall–Kier alpha value is -2.65. The number of rotatable bonds is 7. The molecule has 2 heterocycles. The number of carbonyl (C=O) groups excluding carboxylic acids is 1. The zero-order valence-electron chi connectivity index (χ0n) is 19.8. The number of pyridine rings is 1. The summed E-state index contributed by atoms with van der Waals surface area (Å²) < 4.78 is 32.0. The van der Waals surface area contributed by atoms with Gasteiger partial charge in [0.05, 0.1) is 17.7 Å². The van der Waals surface area contributed by atoms with E-state index in [4.69, 9.17) is 4.74 Å². The first-order chi connectivity index (χ1) is 14.9. The number of hydrogen-bond acceptors (Lipinski definition) is 7. The van der Waals surface area contributed by atoms with Gasteiger partial charge in [-0.1, -0.05) is 19.1 Å². The molecule has 1 aliphatic rings. The predicted molar refractivity (Wildman–Crippen MR) is 125 cm³/mol. The number of benzene rings is 1. The maximum atomic E-state index is 13.1. The lowest BCUT2D eigenvalue weighted by molar-refractivity contribution is -0.149. The van der Waals surface area contributed by atoms with Crippen LogP contribution in [0.1, 0.15) is 44.0 Å². The van der Waals surface area contributed by atoms with E-state index in [9.17, 15) is 13.2 Å². The number of carbonyl (C=O) groups is 1. The molecule has 0 aliphatic carbocycles. The van der Waals surface area contributed by atoms with Crippen LogP contribution in [0.15, 0.2) is 35.2 Å². The van der Waals surface area contributed by atoms with Crippen LogP contribution in [-0.2, 0) is 26.1 Å². The summed E-state index contributed by atoms with van der Waals surface area (Å²) in [5, 5.41) is 3.49. The van der Waals surface area contributed by atoms with Crippen molar-refractivity contribution in [1.82, 2.24) is 9.29 Å². The van der Waals surface area contributed by atoms with Gasteiger partial charge in [-0.05, 0) is 63.4 Å². The van der Waals surface area contributed by atoms with Crippen molar-refractivity contribution in [3.63, 3.8) is 0 Å². The van der Waals surface area contributed by atoms with Crippen molar-refractivity contribution in [3.05, 3.63) is 47.2 Å². The van der Waals surface area contributed by atoms with Gasteiger partial charge in [0.25, 0.3) is 0 Å². The third kappa shape index (κ3) is 4.19. The zero-order chi connectivity index (χ0) is 23.8. The number of esters is 1. The van der Waals surface area contributed by atoms with Gasteiger partial charge in [0.1, 0.15) is 11.7 Å². The summed E-state index contributed by atoms with van der Waals surface area (Å²) in [5.74, 6) is 0.269. The second-order valence-electron chi connectivity index (χ2n) is 8.64. The van der Waals surface area contributed by atoms with Crippen LogP contribution >= 0.6 is 0 Å². The second kappa shape index (κ2) is 8.71. The highest BCUT2D eigenvalue weighted by Gasteiger charge is 2.41. The Labute approximate surface area is 190 Å². The molecule has 174 valence electrons. The molecule has 0 spiro atoms. The van der Waals surface area contributed by atoms with E-state index < -0.39 is 21.5 Å². The van der Waals surface area contributed by atoms with Gasteiger partial charge in [0, 0.05) is 19.3 Å². The summed E-state index contributed by atoms with van der Waals surface area (Å²) in [6, 6.07) is 8.86. The first kappa shape index (κ1) is 24.0. The molecule has 3 rings (SSSR count). The van der Waals surface area contributed by atoms with Crippen LogP contribution in [-0.4, -0.2) is 49.5 Å². The molecular formula is C23H32N4O4S. The van der Waals surface area contributed by atoms with Gasteiger partial charge in [-0.3, -0.25) is 4.79 Å². The minimum absolute atomic E-state index is 0.119. The van der Waals surface area contributed by atoms with E-state index in [1.807, 2.05) is 19.1 Å². The highest BCUT2D eigenvalue weighted by molar-refractivity contribution is 7.89. The molecule has 9 heteroatoms. The Morgan fingerprint density at radius 1 is 1.25 bits per heavy atom. The predicted octanol–water partition coefficient (Wildman–Crippen LogP) is 3.44. The lowest BCUT2D eigenvalue weighted by atomic mass is 10.1. The molecule has 1 N–H and O–H groups in total. The summed E-state index contributed by atoms with van der Waals surface area (Å²) in [6.07, 6.45) is 1.02. The number of anilines is 2. The monoisotopic (exact) mass is 460 g/mol. The third-order valence-electron chi connectivity index (χ3n) is 6.07. The number of ether oxygens (including phenoxy) is 1. The number of nitrogens with zero attached hydrogens (tertiary/aromatic N) is 3. The second-order valence-corrected chi connectivity index (χ2v) is 10.6. The normalized spacial score (nSPS) is 16.1. The average molecular weight is 461 g/mol. The van der Waals surface area contributed by atoms with E-state index in [1.165, 1.54) is 28.0 Å². The molecule has 0 saturated carbocycles. The van der Waals surface area contributed by atoms with Crippen LogP contribution in [0.3, 0.4) is 0 Å². The molecule has 1 aliphatic heterocycles. The van der Waals surface area contributed by atoms with Crippen molar-refractivity contribution < 1.29 is 17.9 Å². The van der Waals surface area contributed by atoms with Gasteiger partial charge in [-0.25, -0.2) is 13.4 Å². The molecule has 8 nitrogen and oxygen atoms in total.